The Kier molecular flexibility index (Phi) is 4.87. The van der Waals surface area contributed by atoms with Crippen molar-refractivity contribution in [2.75, 3.05) is 45.8 Å². The zero-order valence-electron chi connectivity index (χ0n) is 11.5. The summed E-state index contributed by atoms with van der Waals surface area (Å²) in [5.41, 5.74) is 0. The standard InChI is InChI=1S/C12H21F3N4O/c1-9(11(20)17-8-12(13,14)15)18-2-4-19(5-3-18)10-6-16-7-10/h9-10,16H,2-8H2,1H3,(H,17,20). The molecule has 2 saturated heterocycles. The van der Waals surface area contributed by atoms with Gasteiger partial charge in [0.25, 0.3) is 0 Å². The predicted octanol–water partition coefficient (Wildman–Crippen LogP) is -0.357. The van der Waals surface area contributed by atoms with E-state index in [-0.39, 0.29) is 0 Å². The van der Waals surface area contributed by atoms with Crippen LogP contribution in [0.3, 0.4) is 0 Å². The minimum absolute atomic E-state index is 0.515. The third-order valence-electron chi connectivity index (χ3n) is 4.02. The summed E-state index contributed by atoms with van der Waals surface area (Å²) in [6.45, 7) is 5.57. The molecule has 1 unspecified atom stereocenters. The van der Waals surface area contributed by atoms with Crippen molar-refractivity contribution in [3.8, 4) is 0 Å². The number of amides is 1. The fraction of sp³-hybridized carbons (Fsp3) is 0.917. The summed E-state index contributed by atoms with van der Waals surface area (Å²) < 4.78 is 36.2. The minimum atomic E-state index is -4.36. The summed E-state index contributed by atoms with van der Waals surface area (Å²) >= 11 is 0. The highest BCUT2D eigenvalue weighted by molar-refractivity contribution is 5.81. The zero-order valence-corrected chi connectivity index (χ0v) is 11.5. The quantitative estimate of drug-likeness (QED) is 0.744. The molecule has 5 nitrogen and oxygen atoms in total. The number of nitrogens with one attached hydrogen (secondary N) is 2. The largest absolute Gasteiger partial charge is 0.405 e. The van der Waals surface area contributed by atoms with Gasteiger partial charge in [-0.05, 0) is 6.92 Å². The van der Waals surface area contributed by atoms with Gasteiger partial charge < -0.3 is 10.6 Å². The first-order chi connectivity index (χ1) is 9.37. The number of alkyl halides is 3. The lowest BCUT2D eigenvalue weighted by atomic mass is 10.1. The predicted molar refractivity (Wildman–Crippen MR) is 68.3 cm³/mol. The van der Waals surface area contributed by atoms with Crippen LogP contribution in [0.4, 0.5) is 13.2 Å². The lowest BCUT2D eigenvalue weighted by Crippen LogP contribution is -2.63. The van der Waals surface area contributed by atoms with Crippen molar-refractivity contribution in [1.29, 1.82) is 0 Å². The average Bonchev–Trinajstić information content (AvgIpc) is 2.33. The van der Waals surface area contributed by atoms with Crippen LogP contribution in [0.1, 0.15) is 6.92 Å². The molecule has 2 N–H and O–H groups in total. The SMILES string of the molecule is CC(C(=O)NCC(F)(F)F)N1CCN(C2CNC2)CC1. The van der Waals surface area contributed by atoms with Crippen LogP contribution in [0.25, 0.3) is 0 Å². The normalized spacial score (nSPS) is 24.2. The second-order valence-electron chi connectivity index (χ2n) is 5.39. The van der Waals surface area contributed by atoms with Gasteiger partial charge in [-0.25, -0.2) is 0 Å². The van der Waals surface area contributed by atoms with Gasteiger partial charge in [0, 0.05) is 45.3 Å². The van der Waals surface area contributed by atoms with E-state index in [1.807, 2.05) is 10.2 Å². The van der Waals surface area contributed by atoms with Crippen LogP contribution in [0.15, 0.2) is 0 Å². The van der Waals surface area contributed by atoms with Crippen LogP contribution in [0, 0.1) is 0 Å². The van der Waals surface area contributed by atoms with E-state index < -0.39 is 24.7 Å². The van der Waals surface area contributed by atoms with Gasteiger partial charge in [0.15, 0.2) is 0 Å². The lowest BCUT2D eigenvalue weighted by Gasteiger charge is -2.44. The maximum Gasteiger partial charge on any atom is 0.405 e. The monoisotopic (exact) mass is 294 g/mol. The molecular formula is C12H21F3N4O. The highest BCUT2D eigenvalue weighted by atomic mass is 19.4. The summed E-state index contributed by atoms with van der Waals surface area (Å²) in [6, 6.07) is 0.0607. The van der Waals surface area contributed by atoms with Gasteiger partial charge in [-0.1, -0.05) is 0 Å². The molecule has 2 rings (SSSR count). The topological polar surface area (TPSA) is 47.6 Å². The number of carbonyl (C=O) groups excluding carboxylic acids is 1. The van der Waals surface area contributed by atoms with Crippen molar-refractivity contribution in [2.24, 2.45) is 0 Å². The number of carbonyl (C=O) groups is 1. The van der Waals surface area contributed by atoms with Crippen molar-refractivity contribution < 1.29 is 18.0 Å². The van der Waals surface area contributed by atoms with Gasteiger partial charge in [0.05, 0.1) is 6.04 Å². The molecule has 116 valence electrons. The molecule has 8 heteroatoms. The molecular weight excluding hydrogens is 273 g/mol. The highest BCUT2D eigenvalue weighted by Gasteiger charge is 2.32. The van der Waals surface area contributed by atoms with Gasteiger partial charge in [-0.15, -0.1) is 0 Å². The Bertz CT molecular complexity index is 338. The summed E-state index contributed by atoms with van der Waals surface area (Å²) in [7, 11) is 0. The minimum Gasteiger partial charge on any atom is -0.346 e. The molecule has 1 amide bonds. The molecule has 0 spiro atoms. The average molecular weight is 294 g/mol. The summed E-state index contributed by atoms with van der Waals surface area (Å²) in [6.07, 6.45) is -4.36. The maximum atomic E-state index is 12.1. The molecule has 0 aromatic carbocycles. The van der Waals surface area contributed by atoms with Crippen molar-refractivity contribution >= 4 is 5.91 Å². The fourth-order valence-corrected chi connectivity index (χ4v) is 2.52. The van der Waals surface area contributed by atoms with E-state index in [1.165, 1.54) is 0 Å². The van der Waals surface area contributed by atoms with Gasteiger partial charge in [-0.2, -0.15) is 13.2 Å². The molecule has 0 saturated carbocycles. The molecule has 0 bridgehead atoms. The molecule has 0 aliphatic carbocycles. The van der Waals surface area contributed by atoms with E-state index in [1.54, 1.807) is 6.92 Å². The van der Waals surface area contributed by atoms with Crippen LogP contribution >= 0.6 is 0 Å². The number of hydrogen-bond acceptors (Lipinski definition) is 4. The molecule has 0 aromatic heterocycles. The summed E-state index contributed by atoms with van der Waals surface area (Å²) in [5, 5.41) is 5.16. The van der Waals surface area contributed by atoms with Gasteiger partial charge in [-0.3, -0.25) is 14.6 Å². The van der Waals surface area contributed by atoms with Gasteiger partial charge in [0.1, 0.15) is 6.54 Å². The number of halogens is 3. The third kappa shape index (κ3) is 4.07. The first kappa shape index (κ1) is 15.5. The molecule has 2 fully saturated rings. The van der Waals surface area contributed by atoms with Crippen molar-refractivity contribution in [3.05, 3.63) is 0 Å². The molecule has 2 aliphatic rings. The number of hydrogen-bond donors (Lipinski definition) is 2. The van der Waals surface area contributed by atoms with E-state index in [4.69, 9.17) is 0 Å². The van der Waals surface area contributed by atoms with E-state index >= 15 is 0 Å². The smallest absolute Gasteiger partial charge is 0.346 e. The van der Waals surface area contributed by atoms with Gasteiger partial charge >= 0.3 is 6.18 Å². The summed E-state index contributed by atoms with van der Waals surface area (Å²) in [4.78, 5) is 16.0. The Morgan fingerprint density at radius 3 is 2.35 bits per heavy atom. The van der Waals surface area contributed by atoms with Crippen LogP contribution in [0.2, 0.25) is 0 Å². The van der Waals surface area contributed by atoms with E-state index in [0.717, 1.165) is 39.3 Å². The molecule has 1 atom stereocenters. The highest BCUT2D eigenvalue weighted by Crippen LogP contribution is 2.14. The van der Waals surface area contributed by atoms with Gasteiger partial charge in [0.2, 0.25) is 5.91 Å². The lowest BCUT2D eigenvalue weighted by molar-refractivity contribution is -0.141. The number of rotatable bonds is 4. The first-order valence-electron chi connectivity index (χ1n) is 6.90. The molecule has 0 aromatic rings. The van der Waals surface area contributed by atoms with Crippen molar-refractivity contribution in [1.82, 2.24) is 20.4 Å². The Morgan fingerprint density at radius 1 is 1.30 bits per heavy atom. The van der Waals surface area contributed by atoms with Crippen LogP contribution < -0.4 is 10.6 Å². The third-order valence-corrected chi connectivity index (χ3v) is 4.02. The van der Waals surface area contributed by atoms with Crippen molar-refractivity contribution in [2.45, 2.75) is 25.2 Å². The molecule has 2 aliphatic heterocycles. The van der Waals surface area contributed by atoms with E-state index in [2.05, 4.69) is 10.2 Å². The molecule has 2 heterocycles. The fourth-order valence-electron chi connectivity index (χ4n) is 2.52. The number of nitrogens with zero attached hydrogens (tertiary/aromatic N) is 2. The Labute approximate surface area is 116 Å². The Hall–Kier alpha value is -0.860. The second-order valence-corrected chi connectivity index (χ2v) is 5.39. The Morgan fingerprint density at radius 2 is 1.90 bits per heavy atom. The van der Waals surface area contributed by atoms with Crippen LogP contribution in [-0.4, -0.2) is 79.8 Å². The summed E-state index contributed by atoms with van der Waals surface area (Å²) in [5.74, 6) is -0.555. The molecule has 20 heavy (non-hydrogen) atoms. The van der Waals surface area contributed by atoms with Crippen LogP contribution in [-0.2, 0) is 4.79 Å². The second kappa shape index (κ2) is 6.28. The van der Waals surface area contributed by atoms with E-state index in [9.17, 15) is 18.0 Å². The molecule has 0 radical (unpaired) electrons. The van der Waals surface area contributed by atoms with Crippen molar-refractivity contribution in [3.63, 3.8) is 0 Å². The zero-order chi connectivity index (χ0) is 14.8. The first-order valence-corrected chi connectivity index (χ1v) is 6.90. The Balaban J connectivity index is 1.73. The van der Waals surface area contributed by atoms with Crippen LogP contribution in [0.5, 0.6) is 0 Å². The number of piperazine rings is 1. The maximum absolute atomic E-state index is 12.1. The van der Waals surface area contributed by atoms with E-state index in [0.29, 0.717) is 6.04 Å².